The molecule has 2 amide bonds. The van der Waals surface area contributed by atoms with E-state index in [0.717, 1.165) is 0 Å². The fraction of sp³-hybridized carbons (Fsp3) is 0.200. The lowest BCUT2D eigenvalue weighted by molar-refractivity contribution is -0.114. The molecular weight excluding hydrogens is 360 g/mol. The highest BCUT2D eigenvalue weighted by Gasteiger charge is 2.13. The summed E-state index contributed by atoms with van der Waals surface area (Å²) in [5, 5.41) is 8.95. The van der Waals surface area contributed by atoms with Crippen LogP contribution in [-0.2, 0) is 16.2 Å². The van der Waals surface area contributed by atoms with Gasteiger partial charge in [0.05, 0.1) is 5.69 Å². The van der Waals surface area contributed by atoms with E-state index >= 15 is 0 Å². The van der Waals surface area contributed by atoms with E-state index in [1.807, 2.05) is 6.07 Å². The molecule has 2 aromatic rings. The maximum atomic E-state index is 12.0. The number of nitrogens with zero attached hydrogens (tertiary/aromatic N) is 2. The minimum absolute atomic E-state index is 0.0107. The molecule has 0 aliphatic rings. The Morgan fingerprint density at radius 1 is 1.18 bits per heavy atom. The Kier molecular flexibility index (Phi) is 8.02. The third-order valence-corrected chi connectivity index (χ3v) is 3.37. The maximum Gasteiger partial charge on any atom is 0.413 e. The van der Waals surface area contributed by atoms with Crippen LogP contribution in [0.4, 0.5) is 4.79 Å². The second-order valence-corrected chi connectivity index (χ2v) is 5.40. The number of nitrogens with one attached hydrogen (secondary N) is 2. The van der Waals surface area contributed by atoms with Crippen LogP contribution >= 0.6 is 0 Å². The Hall–Kier alpha value is -3.86. The highest BCUT2D eigenvalue weighted by atomic mass is 16.6. The summed E-state index contributed by atoms with van der Waals surface area (Å²) in [4.78, 5) is 33.1. The highest BCUT2D eigenvalue weighted by molar-refractivity contribution is 6.45. The third kappa shape index (κ3) is 6.46. The van der Waals surface area contributed by atoms with Gasteiger partial charge in [-0.15, -0.1) is 12.3 Å². The molecule has 2 N–H and O–H groups in total. The van der Waals surface area contributed by atoms with Gasteiger partial charge in [0.25, 0.3) is 5.91 Å². The summed E-state index contributed by atoms with van der Waals surface area (Å²) in [5.41, 5.74) is 1.24. The molecule has 0 radical (unpaired) electrons. The van der Waals surface area contributed by atoms with Crippen LogP contribution in [0.5, 0.6) is 5.88 Å². The zero-order chi connectivity index (χ0) is 20.2. The topological polar surface area (TPSA) is 102 Å². The van der Waals surface area contributed by atoms with Crippen molar-refractivity contribution >= 4 is 17.7 Å². The van der Waals surface area contributed by atoms with Gasteiger partial charge in [0.2, 0.25) is 5.88 Å². The molecule has 0 fully saturated rings. The third-order valence-electron chi connectivity index (χ3n) is 3.37. The van der Waals surface area contributed by atoms with Crippen molar-refractivity contribution < 1.29 is 19.2 Å². The van der Waals surface area contributed by atoms with Crippen LogP contribution in [0.15, 0.2) is 53.7 Å². The molecule has 0 bridgehead atoms. The number of carbonyl (C=O) groups is 2. The van der Waals surface area contributed by atoms with Gasteiger partial charge < -0.3 is 20.2 Å². The van der Waals surface area contributed by atoms with Crippen molar-refractivity contribution in [3.05, 3.63) is 59.8 Å². The molecule has 0 aliphatic carbocycles. The lowest BCUT2D eigenvalue weighted by Crippen LogP contribution is -2.28. The van der Waals surface area contributed by atoms with Gasteiger partial charge >= 0.3 is 6.09 Å². The number of amides is 2. The first kappa shape index (κ1) is 20.5. The number of rotatable bonds is 8. The smallest absolute Gasteiger partial charge is 0.391 e. The average molecular weight is 380 g/mol. The number of carbonyl (C=O) groups excluding carboxylic acids is 2. The molecule has 28 heavy (non-hydrogen) atoms. The molecule has 1 aromatic heterocycles. The van der Waals surface area contributed by atoms with E-state index in [4.69, 9.17) is 16.0 Å². The van der Waals surface area contributed by atoms with Gasteiger partial charge in [0.15, 0.2) is 12.3 Å². The number of hydrogen-bond acceptors (Lipinski definition) is 6. The largest absolute Gasteiger partial charge is 0.413 e. The van der Waals surface area contributed by atoms with Gasteiger partial charge in [0.1, 0.15) is 0 Å². The van der Waals surface area contributed by atoms with Crippen molar-refractivity contribution in [1.29, 1.82) is 0 Å². The first-order valence-corrected chi connectivity index (χ1v) is 8.46. The highest BCUT2D eigenvalue weighted by Crippen LogP contribution is 2.10. The molecular formula is C20H20N4O4. The number of benzene rings is 1. The van der Waals surface area contributed by atoms with Crippen LogP contribution in [0.2, 0.25) is 0 Å². The van der Waals surface area contributed by atoms with E-state index < -0.39 is 6.09 Å². The Labute approximate surface area is 162 Å². The standard InChI is InChI=1S/C20H20N4O4/c1-3-4-13-22-20(26)28-17-12-8-11-16(23-17)14-27-24-18(19(25)21-2)15-9-6-5-7-10-15/h1,5-12H,4,13-14H2,2H3,(H,21,25)(H,22,26). The van der Waals surface area contributed by atoms with E-state index in [0.29, 0.717) is 24.2 Å². The summed E-state index contributed by atoms with van der Waals surface area (Å²) in [7, 11) is 1.51. The van der Waals surface area contributed by atoms with Gasteiger partial charge in [-0.2, -0.15) is 0 Å². The Bertz CT molecular complexity index is 875. The quantitative estimate of drug-likeness (QED) is 0.315. The number of ether oxygens (including phenoxy) is 1. The van der Waals surface area contributed by atoms with Crippen LogP contribution in [-0.4, -0.2) is 36.3 Å². The van der Waals surface area contributed by atoms with Crippen LogP contribution in [0.25, 0.3) is 0 Å². The maximum absolute atomic E-state index is 12.0. The molecule has 8 heteroatoms. The van der Waals surface area contributed by atoms with Crippen LogP contribution < -0.4 is 15.4 Å². The predicted octanol–water partition coefficient (Wildman–Crippen LogP) is 1.86. The van der Waals surface area contributed by atoms with E-state index in [1.165, 1.54) is 13.1 Å². The molecule has 0 saturated heterocycles. The Morgan fingerprint density at radius 3 is 2.68 bits per heavy atom. The first-order valence-electron chi connectivity index (χ1n) is 8.46. The molecule has 2 rings (SSSR count). The van der Waals surface area contributed by atoms with Gasteiger partial charge in [-0.3, -0.25) is 4.79 Å². The van der Waals surface area contributed by atoms with Crippen molar-refractivity contribution in [2.24, 2.45) is 5.16 Å². The normalized spacial score (nSPS) is 10.5. The monoisotopic (exact) mass is 380 g/mol. The van der Waals surface area contributed by atoms with Crippen molar-refractivity contribution in [1.82, 2.24) is 15.6 Å². The fourth-order valence-electron chi connectivity index (χ4n) is 2.07. The summed E-state index contributed by atoms with van der Waals surface area (Å²) in [6, 6.07) is 13.8. The van der Waals surface area contributed by atoms with Crippen molar-refractivity contribution in [2.45, 2.75) is 13.0 Å². The molecule has 0 unspecified atom stereocenters. The summed E-state index contributed by atoms with van der Waals surface area (Å²) >= 11 is 0. The lowest BCUT2D eigenvalue weighted by atomic mass is 10.1. The molecule has 0 saturated carbocycles. The van der Waals surface area contributed by atoms with Crippen LogP contribution in [0.3, 0.4) is 0 Å². The molecule has 1 heterocycles. The molecule has 0 spiro atoms. The molecule has 0 aliphatic heterocycles. The number of pyridine rings is 1. The van der Waals surface area contributed by atoms with Crippen molar-refractivity contribution in [3.8, 4) is 18.2 Å². The fourth-order valence-corrected chi connectivity index (χ4v) is 2.07. The summed E-state index contributed by atoms with van der Waals surface area (Å²) in [6.45, 7) is 0.303. The van der Waals surface area contributed by atoms with Crippen molar-refractivity contribution in [2.75, 3.05) is 13.6 Å². The second kappa shape index (κ2) is 11.0. The van der Waals surface area contributed by atoms with E-state index in [9.17, 15) is 9.59 Å². The van der Waals surface area contributed by atoms with E-state index in [2.05, 4.69) is 26.7 Å². The van der Waals surface area contributed by atoms with Crippen molar-refractivity contribution in [3.63, 3.8) is 0 Å². The van der Waals surface area contributed by atoms with Gasteiger partial charge in [0, 0.05) is 31.6 Å². The summed E-state index contributed by atoms with van der Waals surface area (Å²) < 4.78 is 5.07. The predicted molar refractivity (Wildman–Crippen MR) is 104 cm³/mol. The summed E-state index contributed by atoms with van der Waals surface area (Å²) in [6.07, 6.45) is 4.87. The first-order chi connectivity index (χ1) is 13.6. The zero-order valence-electron chi connectivity index (χ0n) is 15.3. The molecule has 0 atom stereocenters. The summed E-state index contributed by atoms with van der Waals surface area (Å²) in [5.74, 6) is 2.14. The average Bonchev–Trinajstić information content (AvgIpc) is 2.72. The molecule has 8 nitrogen and oxygen atoms in total. The zero-order valence-corrected chi connectivity index (χ0v) is 15.3. The van der Waals surface area contributed by atoms with Crippen LogP contribution in [0, 0.1) is 12.3 Å². The molecule has 144 valence electrons. The number of oxime groups is 1. The number of hydrogen-bond donors (Lipinski definition) is 2. The Balaban J connectivity index is 1.99. The SMILES string of the molecule is C#CCCNC(=O)Oc1cccc(CON=C(C(=O)NC)c2ccccc2)n1. The Morgan fingerprint density at radius 2 is 1.96 bits per heavy atom. The van der Waals surface area contributed by atoms with E-state index in [-0.39, 0.29) is 24.1 Å². The van der Waals surface area contributed by atoms with E-state index in [1.54, 1.807) is 36.4 Å². The van der Waals surface area contributed by atoms with Gasteiger partial charge in [-0.1, -0.05) is 41.6 Å². The number of aromatic nitrogens is 1. The molecule has 1 aromatic carbocycles. The van der Waals surface area contributed by atoms with Crippen LogP contribution in [0.1, 0.15) is 17.7 Å². The number of likely N-dealkylation sites (N-methyl/N-ethyl adjacent to an activating group) is 1. The second-order valence-electron chi connectivity index (χ2n) is 5.40. The minimum Gasteiger partial charge on any atom is -0.391 e. The van der Waals surface area contributed by atoms with Gasteiger partial charge in [-0.25, -0.2) is 9.78 Å². The van der Waals surface area contributed by atoms with Gasteiger partial charge in [-0.05, 0) is 6.07 Å². The minimum atomic E-state index is -0.648. The lowest BCUT2D eigenvalue weighted by Gasteiger charge is -2.07. The number of terminal acetylenes is 1.